The molecule has 0 atom stereocenters. The van der Waals surface area contributed by atoms with Gasteiger partial charge < -0.3 is 0 Å². The Labute approximate surface area is 66.3 Å². The molecule has 1 heterocycles. The quantitative estimate of drug-likeness (QED) is 0.579. The number of hydrogen-bond donors (Lipinski definition) is 0. The summed E-state index contributed by atoms with van der Waals surface area (Å²) in [6.07, 6.45) is 0. The Morgan fingerprint density at radius 1 is 1.40 bits per heavy atom. The SMILES string of the molecule is CC(C)C.Cc1nncs1. The summed E-state index contributed by atoms with van der Waals surface area (Å²) in [4.78, 5) is 0. The third kappa shape index (κ3) is 7.56. The van der Waals surface area contributed by atoms with E-state index in [1.807, 2.05) is 6.92 Å². The third-order valence-electron chi connectivity index (χ3n) is 0.469. The molecular formula is C7H14N2S. The van der Waals surface area contributed by atoms with E-state index in [1.165, 1.54) is 0 Å². The molecule has 0 unspecified atom stereocenters. The van der Waals surface area contributed by atoms with Crippen LogP contribution in [-0.2, 0) is 0 Å². The Bertz CT molecular complexity index is 144. The number of hydrogen-bond acceptors (Lipinski definition) is 3. The fraction of sp³-hybridized carbons (Fsp3) is 0.714. The lowest BCUT2D eigenvalue weighted by molar-refractivity contribution is 0.737. The second-order valence-electron chi connectivity index (χ2n) is 2.69. The molecule has 58 valence electrons. The minimum absolute atomic E-state index is 0.833. The number of rotatable bonds is 0. The smallest absolute Gasteiger partial charge is 0.114 e. The van der Waals surface area contributed by atoms with Crippen LogP contribution in [0, 0.1) is 12.8 Å². The number of aryl methyl sites for hydroxylation is 1. The second-order valence-corrected chi connectivity index (χ2v) is 3.73. The zero-order valence-corrected chi connectivity index (χ0v) is 7.77. The molecule has 3 heteroatoms. The van der Waals surface area contributed by atoms with Gasteiger partial charge in [0.25, 0.3) is 0 Å². The number of nitrogens with zero attached hydrogens (tertiary/aromatic N) is 2. The van der Waals surface area contributed by atoms with Crippen molar-refractivity contribution in [3.63, 3.8) is 0 Å². The predicted octanol–water partition coefficient (Wildman–Crippen LogP) is 2.51. The third-order valence-corrected chi connectivity index (χ3v) is 1.09. The molecule has 0 N–H and O–H groups in total. The molecule has 0 spiro atoms. The van der Waals surface area contributed by atoms with E-state index in [2.05, 4.69) is 31.0 Å². The first kappa shape index (κ1) is 9.56. The van der Waals surface area contributed by atoms with Crippen LogP contribution < -0.4 is 0 Å². The van der Waals surface area contributed by atoms with Crippen LogP contribution in [0.15, 0.2) is 5.51 Å². The van der Waals surface area contributed by atoms with Gasteiger partial charge in [-0.15, -0.1) is 21.5 Å². The van der Waals surface area contributed by atoms with Crippen LogP contribution in [0.1, 0.15) is 25.8 Å². The molecule has 0 aliphatic heterocycles. The summed E-state index contributed by atoms with van der Waals surface area (Å²) in [6.45, 7) is 8.43. The van der Waals surface area contributed by atoms with Crippen molar-refractivity contribution in [2.45, 2.75) is 27.7 Å². The van der Waals surface area contributed by atoms with E-state index < -0.39 is 0 Å². The molecule has 0 fully saturated rings. The lowest BCUT2D eigenvalue weighted by Crippen LogP contribution is -1.66. The summed E-state index contributed by atoms with van der Waals surface area (Å²) in [5.74, 6) is 0.833. The average molecular weight is 158 g/mol. The van der Waals surface area contributed by atoms with Crippen LogP contribution in [0.3, 0.4) is 0 Å². The minimum atomic E-state index is 0.833. The highest BCUT2D eigenvalue weighted by molar-refractivity contribution is 7.09. The minimum Gasteiger partial charge on any atom is -0.147 e. The molecule has 0 amide bonds. The van der Waals surface area contributed by atoms with Crippen molar-refractivity contribution in [1.82, 2.24) is 10.2 Å². The molecule has 0 bridgehead atoms. The maximum absolute atomic E-state index is 3.69. The molecule has 10 heavy (non-hydrogen) atoms. The molecule has 0 saturated heterocycles. The van der Waals surface area contributed by atoms with E-state index >= 15 is 0 Å². The monoisotopic (exact) mass is 158 g/mol. The van der Waals surface area contributed by atoms with E-state index in [0.29, 0.717) is 0 Å². The molecular weight excluding hydrogens is 144 g/mol. The molecule has 0 aliphatic carbocycles. The molecule has 1 rings (SSSR count). The number of aromatic nitrogens is 2. The Kier molecular flexibility index (Phi) is 5.12. The Hall–Kier alpha value is -0.440. The largest absolute Gasteiger partial charge is 0.147 e. The van der Waals surface area contributed by atoms with Gasteiger partial charge in [-0.05, 0) is 12.8 Å². The van der Waals surface area contributed by atoms with E-state index in [4.69, 9.17) is 0 Å². The van der Waals surface area contributed by atoms with Gasteiger partial charge in [-0.1, -0.05) is 20.8 Å². The van der Waals surface area contributed by atoms with Gasteiger partial charge in [0.2, 0.25) is 0 Å². The highest BCUT2D eigenvalue weighted by Gasteiger charge is 1.78. The van der Waals surface area contributed by atoms with Gasteiger partial charge in [-0.25, -0.2) is 0 Å². The Morgan fingerprint density at radius 3 is 2.00 bits per heavy atom. The summed E-state index contributed by atoms with van der Waals surface area (Å²) in [5, 5.41) is 8.30. The summed E-state index contributed by atoms with van der Waals surface area (Å²) in [7, 11) is 0. The topological polar surface area (TPSA) is 25.8 Å². The van der Waals surface area contributed by atoms with E-state index in [-0.39, 0.29) is 0 Å². The van der Waals surface area contributed by atoms with Gasteiger partial charge in [0, 0.05) is 0 Å². The van der Waals surface area contributed by atoms with Gasteiger partial charge in [-0.2, -0.15) is 0 Å². The first-order valence-electron chi connectivity index (χ1n) is 3.35. The van der Waals surface area contributed by atoms with Crippen LogP contribution in [0.2, 0.25) is 0 Å². The molecule has 1 aromatic rings. The van der Waals surface area contributed by atoms with Crippen molar-refractivity contribution in [2.24, 2.45) is 5.92 Å². The van der Waals surface area contributed by atoms with Crippen LogP contribution >= 0.6 is 11.3 Å². The molecule has 0 aromatic carbocycles. The maximum Gasteiger partial charge on any atom is 0.114 e. The summed E-state index contributed by atoms with van der Waals surface area (Å²) < 4.78 is 0. The molecule has 0 radical (unpaired) electrons. The zero-order chi connectivity index (χ0) is 7.98. The summed E-state index contributed by atoms with van der Waals surface area (Å²) in [6, 6.07) is 0. The van der Waals surface area contributed by atoms with Gasteiger partial charge in [0.1, 0.15) is 10.5 Å². The van der Waals surface area contributed by atoms with Crippen molar-refractivity contribution in [3.8, 4) is 0 Å². The predicted molar refractivity (Wildman–Crippen MR) is 45.2 cm³/mol. The van der Waals surface area contributed by atoms with Crippen molar-refractivity contribution in [2.75, 3.05) is 0 Å². The lowest BCUT2D eigenvalue weighted by Gasteiger charge is -1.79. The first-order chi connectivity index (χ1) is 4.63. The van der Waals surface area contributed by atoms with Gasteiger partial charge in [0.15, 0.2) is 0 Å². The molecule has 1 aromatic heterocycles. The second kappa shape index (κ2) is 5.35. The first-order valence-corrected chi connectivity index (χ1v) is 4.23. The average Bonchev–Trinajstić information content (AvgIpc) is 2.15. The van der Waals surface area contributed by atoms with E-state index in [1.54, 1.807) is 16.8 Å². The van der Waals surface area contributed by atoms with E-state index in [9.17, 15) is 0 Å². The fourth-order valence-electron chi connectivity index (χ4n) is 0.228. The van der Waals surface area contributed by atoms with Crippen LogP contribution in [-0.4, -0.2) is 10.2 Å². The van der Waals surface area contributed by atoms with E-state index in [0.717, 1.165) is 10.9 Å². The van der Waals surface area contributed by atoms with Crippen molar-refractivity contribution in [3.05, 3.63) is 10.5 Å². The van der Waals surface area contributed by atoms with Crippen molar-refractivity contribution in [1.29, 1.82) is 0 Å². The highest BCUT2D eigenvalue weighted by atomic mass is 32.1. The lowest BCUT2D eigenvalue weighted by atomic mass is 10.3. The van der Waals surface area contributed by atoms with Gasteiger partial charge in [0.05, 0.1) is 0 Å². The Balaban J connectivity index is 0.000000180. The summed E-state index contributed by atoms with van der Waals surface area (Å²) >= 11 is 1.56. The molecule has 2 nitrogen and oxygen atoms in total. The summed E-state index contributed by atoms with van der Waals surface area (Å²) in [5.41, 5.74) is 1.72. The van der Waals surface area contributed by atoms with Crippen LogP contribution in [0.5, 0.6) is 0 Å². The Morgan fingerprint density at radius 2 is 1.90 bits per heavy atom. The van der Waals surface area contributed by atoms with Crippen LogP contribution in [0.25, 0.3) is 0 Å². The zero-order valence-electron chi connectivity index (χ0n) is 6.96. The maximum atomic E-state index is 3.69. The molecule has 0 aliphatic rings. The molecule has 0 saturated carbocycles. The highest BCUT2D eigenvalue weighted by Crippen LogP contribution is 1.94. The van der Waals surface area contributed by atoms with Crippen molar-refractivity contribution < 1.29 is 0 Å². The standard InChI is InChI=1S/C4H10.C3H4N2S/c1-4(2)3;1-3-5-4-2-6-3/h4H,1-3H3;2H,1H3. The van der Waals surface area contributed by atoms with Gasteiger partial charge >= 0.3 is 0 Å². The van der Waals surface area contributed by atoms with Crippen molar-refractivity contribution >= 4 is 11.3 Å². The normalized spacial score (nSPS) is 8.90. The fourth-order valence-corrected chi connectivity index (χ4v) is 0.569. The van der Waals surface area contributed by atoms with Gasteiger partial charge in [-0.3, -0.25) is 0 Å². The van der Waals surface area contributed by atoms with Crippen LogP contribution in [0.4, 0.5) is 0 Å².